The van der Waals surface area contributed by atoms with Crippen molar-refractivity contribution in [2.75, 3.05) is 45.2 Å². The lowest BCUT2D eigenvalue weighted by atomic mass is 10.2. The molecule has 0 bridgehead atoms. The molecule has 2 aliphatic rings. The molecule has 1 N–H and O–H groups in total. The van der Waals surface area contributed by atoms with Crippen LogP contribution in [0.25, 0.3) is 0 Å². The van der Waals surface area contributed by atoms with Crippen LogP contribution < -0.4 is 5.32 Å². The van der Waals surface area contributed by atoms with Crippen LogP contribution in [0.4, 0.5) is 5.13 Å². The molecule has 1 aromatic heterocycles. The number of thiazole rings is 1. The summed E-state index contributed by atoms with van der Waals surface area (Å²) >= 11 is 1.49. The first-order valence-corrected chi connectivity index (χ1v) is 9.34. The topological polar surface area (TPSA) is 57.7 Å². The van der Waals surface area contributed by atoms with Crippen LogP contribution in [0, 0.1) is 0 Å². The molecule has 7 heteroatoms. The Labute approximate surface area is 141 Å². The summed E-state index contributed by atoms with van der Waals surface area (Å²) in [4.78, 5) is 21.7. The van der Waals surface area contributed by atoms with E-state index >= 15 is 0 Å². The molecule has 3 heterocycles. The third kappa shape index (κ3) is 3.84. The van der Waals surface area contributed by atoms with E-state index in [1.165, 1.54) is 24.2 Å². The predicted octanol–water partition coefficient (Wildman–Crippen LogP) is 1.90. The summed E-state index contributed by atoms with van der Waals surface area (Å²) in [6, 6.07) is 0.231. The van der Waals surface area contributed by atoms with E-state index in [1.807, 2.05) is 17.2 Å². The Kier molecular flexibility index (Phi) is 5.50. The molecular formula is C16H26N4O2S. The normalized spacial score (nSPS) is 25.2. The van der Waals surface area contributed by atoms with Gasteiger partial charge in [0, 0.05) is 38.2 Å². The number of nitrogens with one attached hydrogen (secondary N) is 1. The number of amides is 1. The highest BCUT2D eigenvalue weighted by atomic mass is 32.1. The van der Waals surface area contributed by atoms with E-state index in [0.717, 1.165) is 37.7 Å². The van der Waals surface area contributed by atoms with Gasteiger partial charge >= 0.3 is 0 Å². The maximum atomic E-state index is 12.9. The van der Waals surface area contributed by atoms with Gasteiger partial charge in [0.15, 0.2) is 5.13 Å². The number of aromatic nitrogens is 1. The van der Waals surface area contributed by atoms with Crippen molar-refractivity contribution >= 4 is 22.4 Å². The van der Waals surface area contributed by atoms with Crippen LogP contribution >= 0.6 is 11.3 Å². The summed E-state index contributed by atoms with van der Waals surface area (Å²) in [6.45, 7) is 6.76. The smallest absolute Gasteiger partial charge is 0.273 e. The molecule has 23 heavy (non-hydrogen) atoms. The molecule has 128 valence electrons. The lowest BCUT2D eigenvalue weighted by Gasteiger charge is -2.27. The van der Waals surface area contributed by atoms with Crippen LogP contribution in [0.1, 0.15) is 36.7 Å². The maximum Gasteiger partial charge on any atom is 0.273 e. The Morgan fingerprint density at radius 2 is 2.26 bits per heavy atom. The zero-order valence-corrected chi connectivity index (χ0v) is 14.8. The average molecular weight is 338 g/mol. The molecule has 0 saturated carbocycles. The molecule has 2 aliphatic heterocycles. The Balaban J connectivity index is 1.69. The molecule has 3 rings (SSSR count). The van der Waals surface area contributed by atoms with E-state index in [9.17, 15) is 4.79 Å². The summed E-state index contributed by atoms with van der Waals surface area (Å²) in [5.74, 6) is 0.0362. The van der Waals surface area contributed by atoms with Crippen molar-refractivity contribution in [3.63, 3.8) is 0 Å². The van der Waals surface area contributed by atoms with Gasteiger partial charge < -0.3 is 19.9 Å². The van der Waals surface area contributed by atoms with Gasteiger partial charge in [-0.1, -0.05) is 0 Å². The first-order valence-electron chi connectivity index (χ1n) is 8.46. The van der Waals surface area contributed by atoms with Crippen molar-refractivity contribution in [1.82, 2.24) is 14.8 Å². The summed E-state index contributed by atoms with van der Waals surface area (Å²) in [5.41, 5.74) is 0.550. The highest BCUT2D eigenvalue weighted by molar-refractivity contribution is 7.13. The number of carbonyl (C=O) groups is 1. The van der Waals surface area contributed by atoms with Crippen LogP contribution in [0.5, 0.6) is 0 Å². The minimum absolute atomic E-state index is 0.0362. The molecule has 0 spiro atoms. The van der Waals surface area contributed by atoms with Gasteiger partial charge in [0.05, 0.1) is 6.10 Å². The van der Waals surface area contributed by atoms with E-state index in [0.29, 0.717) is 12.2 Å². The summed E-state index contributed by atoms with van der Waals surface area (Å²) < 4.78 is 5.52. The molecule has 0 radical (unpaired) electrons. The Hall–Kier alpha value is -1.18. The zero-order chi connectivity index (χ0) is 16.2. The van der Waals surface area contributed by atoms with Gasteiger partial charge in [-0.25, -0.2) is 4.98 Å². The molecule has 0 unspecified atom stereocenters. The van der Waals surface area contributed by atoms with Crippen LogP contribution in [0.3, 0.4) is 0 Å². The molecule has 0 aliphatic carbocycles. The van der Waals surface area contributed by atoms with Crippen molar-refractivity contribution < 1.29 is 9.53 Å². The number of rotatable bonds is 6. The highest BCUT2D eigenvalue weighted by Gasteiger charge is 2.37. The van der Waals surface area contributed by atoms with Crippen LogP contribution in [0.15, 0.2) is 5.38 Å². The third-order valence-electron chi connectivity index (χ3n) is 4.69. The number of likely N-dealkylation sites (tertiary alicyclic amines) is 2. The van der Waals surface area contributed by atoms with Gasteiger partial charge in [0.25, 0.3) is 5.91 Å². The Morgan fingerprint density at radius 1 is 1.48 bits per heavy atom. The summed E-state index contributed by atoms with van der Waals surface area (Å²) in [6.07, 6.45) is 3.60. The van der Waals surface area contributed by atoms with E-state index in [1.54, 1.807) is 7.11 Å². The second kappa shape index (κ2) is 7.59. The van der Waals surface area contributed by atoms with Crippen molar-refractivity contribution in [1.29, 1.82) is 0 Å². The fourth-order valence-corrected chi connectivity index (χ4v) is 4.24. The van der Waals surface area contributed by atoms with Crippen molar-refractivity contribution in [3.8, 4) is 0 Å². The molecule has 2 saturated heterocycles. The van der Waals surface area contributed by atoms with Gasteiger partial charge in [0.1, 0.15) is 5.69 Å². The second-order valence-electron chi connectivity index (χ2n) is 6.28. The molecule has 0 aromatic carbocycles. The van der Waals surface area contributed by atoms with E-state index in [2.05, 4.69) is 15.2 Å². The summed E-state index contributed by atoms with van der Waals surface area (Å²) in [5, 5.41) is 5.84. The molecule has 1 aromatic rings. The quantitative estimate of drug-likeness (QED) is 0.858. The second-order valence-corrected chi connectivity index (χ2v) is 7.14. The molecule has 1 amide bonds. The third-order valence-corrected chi connectivity index (χ3v) is 5.49. The van der Waals surface area contributed by atoms with E-state index in [4.69, 9.17) is 4.74 Å². The molecule has 6 nitrogen and oxygen atoms in total. The fourth-order valence-electron chi connectivity index (χ4n) is 3.48. The molecular weight excluding hydrogens is 312 g/mol. The lowest BCUT2D eigenvalue weighted by Crippen LogP contribution is -2.42. The largest absolute Gasteiger partial charge is 0.380 e. The Bertz CT molecular complexity index is 530. The summed E-state index contributed by atoms with van der Waals surface area (Å²) in [7, 11) is 1.73. The number of anilines is 1. The van der Waals surface area contributed by atoms with Crippen LogP contribution in [-0.2, 0) is 4.74 Å². The van der Waals surface area contributed by atoms with Gasteiger partial charge in [-0.2, -0.15) is 0 Å². The van der Waals surface area contributed by atoms with Gasteiger partial charge in [-0.15, -0.1) is 11.3 Å². The minimum atomic E-state index is 0.0362. The number of nitrogens with zero attached hydrogens (tertiary/aromatic N) is 3. The zero-order valence-electron chi connectivity index (χ0n) is 14.0. The van der Waals surface area contributed by atoms with Crippen molar-refractivity contribution in [2.24, 2.45) is 0 Å². The number of methoxy groups -OCH3 is 1. The fraction of sp³-hybridized carbons (Fsp3) is 0.750. The molecule has 2 atom stereocenters. The standard InChI is InChI=1S/C16H26N4O2S/c1-3-17-16-18-14(11-23-16)15(21)20-10-13(22-2)8-12(20)9-19-6-4-5-7-19/h11-13H,3-10H2,1-2H3,(H,17,18)/t12-,13-/m0/s1. The Morgan fingerprint density at radius 3 is 2.96 bits per heavy atom. The first kappa shape index (κ1) is 16.7. The number of hydrogen-bond donors (Lipinski definition) is 1. The van der Waals surface area contributed by atoms with Crippen LogP contribution in [0.2, 0.25) is 0 Å². The maximum absolute atomic E-state index is 12.9. The SMILES string of the molecule is CCNc1nc(C(=O)N2C[C@@H](OC)C[C@H]2CN2CCCC2)cs1. The first-order chi connectivity index (χ1) is 11.2. The van der Waals surface area contributed by atoms with E-state index < -0.39 is 0 Å². The highest BCUT2D eigenvalue weighted by Crippen LogP contribution is 2.25. The molecule has 2 fully saturated rings. The van der Waals surface area contributed by atoms with Crippen molar-refractivity contribution in [3.05, 3.63) is 11.1 Å². The number of ether oxygens (including phenoxy) is 1. The number of hydrogen-bond acceptors (Lipinski definition) is 6. The van der Waals surface area contributed by atoms with Gasteiger partial charge in [-0.05, 0) is 39.3 Å². The number of carbonyl (C=O) groups excluding carboxylic acids is 1. The van der Waals surface area contributed by atoms with Crippen molar-refractivity contribution in [2.45, 2.75) is 38.3 Å². The minimum Gasteiger partial charge on any atom is -0.380 e. The van der Waals surface area contributed by atoms with E-state index in [-0.39, 0.29) is 18.1 Å². The van der Waals surface area contributed by atoms with Gasteiger partial charge in [-0.3, -0.25) is 4.79 Å². The van der Waals surface area contributed by atoms with Gasteiger partial charge in [0.2, 0.25) is 0 Å². The average Bonchev–Trinajstić information content (AvgIpc) is 3.28. The monoisotopic (exact) mass is 338 g/mol. The predicted molar refractivity (Wildman–Crippen MR) is 92.2 cm³/mol. The van der Waals surface area contributed by atoms with Crippen LogP contribution in [-0.4, -0.2) is 72.7 Å². The lowest BCUT2D eigenvalue weighted by molar-refractivity contribution is 0.0665.